The van der Waals surface area contributed by atoms with Crippen molar-refractivity contribution in [2.75, 3.05) is 6.61 Å². The molecule has 4 rings (SSSR count). The van der Waals surface area contributed by atoms with Crippen molar-refractivity contribution in [2.24, 2.45) is 4.99 Å². The van der Waals surface area contributed by atoms with Crippen LogP contribution in [0, 0.1) is 0 Å². The van der Waals surface area contributed by atoms with Crippen LogP contribution in [0.25, 0.3) is 18.2 Å². The van der Waals surface area contributed by atoms with Crippen LogP contribution in [0.1, 0.15) is 31.0 Å². The topological polar surface area (TPSA) is 60.7 Å². The van der Waals surface area contributed by atoms with E-state index in [-0.39, 0.29) is 12.2 Å². The van der Waals surface area contributed by atoms with Crippen LogP contribution in [-0.4, -0.2) is 17.1 Å². The van der Waals surface area contributed by atoms with Crippen LogP contribution in [0.5, 0.6) is 0 Å². The van der Waals surface area contributed by atoms with Crippen LogP contribution in [0.4, 0.5) is 0 Å². The van der Waals surface area contributed by atoms with Gasteiger partial charge in [-0.2, -0.15) is 0 Å². The summed E-state index contributed by atoms with van der Waals surface area (Å²) in [6.45, 7) is 3.79. The molecule has 0 fully saturated rings. The molecule has 2 aromatic carbocycles. The predicted molar refractivity (Wildman–Crippen MR) is 133 cm³/mol. The summed E-state index contributed by atoms with van der Waals surface area (Å²) in [6.07, 6.45) is 9.37. The first-order valence-corrected chi connectivity index (χ1v) is 11.5. The van der Waals surface area contributed by atoms with Gasteiger partial charge in [-0.1, -0.05) is 96.3 Å². The van der Waals surface area contributed by atoms with Crippen molar-refractivity contribution in [2.45, 2.75) is 19.9 Å². The molecule has 5 nitrogen and oxygen atoms in total. The fourth-order valence-electron chi connectivity index (χ4n) is 3.61. The minimum atomic E-state index is -0.597. The van der Waals surface area contributed by atoms with Crippen LogP contribution in [0.15, 0.2) is 93.9 Å². The molecule has 0 saturated carbocycles. The second-order valence-electron chi connectivity index (χ2n) is 7.41. The summed E-state index contributed by atoms with van der Waals surface area (Å²) in [7, 11) is 0. The molecule has 33 heavy (non-hydrogen) atoms. The number of esters is 1. The van der Waals surface area contributed by atoms with E-state index in [0.717, 1.165) is 11.1 Å². The zero-order chi connectivity index (χ0) is 23.2. The summed E-state index contributed by atoms with van der Waals surface area (Å²) < 4.78 is 7.42. The SMILES string of the molecule is CCOC(=O)C1=C(C)N=c2s/c(=C/C=C/c3ccccc3)c(=O)n2C1/C=C/c1ccccc1. The van der Waals surface area contributed by atoms with Crippen LogP contribution in [0.2, 0.25) is 0 Å². The standard InChI is InChI=1S/C27H24N2O3S/c1-3-32-26(31)24-19(2)28-27-29(22(24)18-17-21-13-8-5-9-14-21)25(30)23(33-27)16-10-15-20-11-6-4-7-12-20/h4-18,22H,3H2,1-2H3/b15-10+,18-17+,23-16+. The van der Waals surface area contributed by atoms with Crippen LogP contribution < -0.4 is 14.9 Å². The van der Waals surface area contributed by atoms with Crippen molar-refractivity contribution in [3.63, 3.8) is 0 Å². The Hall–Kier alpha value is -3.77. The molecule has 166 valence electrons. The summed E-state index contributed by atoms with van der Waals surface area (Å²) in [4.78, 5) is 31.3. The average molecular weight is 457 g/mol. The summed E-state index contributed by atoms with van der Waals surface area (Å²) >= 11 is 1.31. The Labute approximate surface area is 196 Å². The maximum atomic E-state index is 13.4. The number of rotatable bonds is 6. The molecule has 0 N–H and O–H groups in total. The fraction of sp³-hybridized carbons (Fsp3) is 0.148. The molecule has 0 aliphatic carbocycles. The Morgan fingerprint density at radius 1 is 1.06 bits per heavy atom. The van der Waals surface area contributed by atoms with Crippen molar-refractivity contribution >= 4 is 35.5 Å². The van der Waals surface area contributed by atoms with E-state index < -0.39 is 12.0 Å². The number of thiazole rings is 1. The van der Waals surface area contributed by atoms with Crippen LogP contribution in [0.3, 0.4) is 0 Å². The van der Waals surface area contributed by atoms with Crippen molar-refractivity contribution in [3.8, 4) is 0 Å². The number of carbonyl (C=O) groups excluding carboxylic acids is 1. The van der Waals surface area contributed by atoms with Gasteiger partial charge in [0, 0.05) is 0 Å². The van der Waals surface area contributed by atoms with E-state index in [2.05, 4.69) is 4.99 Å². The minimum Gasteiger partial charge on any atom is -0.463 e. The molecule has 0 saturated heterocycles. The average Bonchev–Trinajstić information content (AvgIpc) is 3.13. The smallest absolute Gasteiger partial charge is 0.338 e. The first-order chi connectivity index (χ1) is 16.1. The van der Waals surface area contributed by atoms with Crippen molar-refractivity contribution < 1.29 is 9.53 Å². The second kappa shape index (κ2) is 10.2. The lowest BCUT2D eigenvalue weighted by atomic mass is 10.0. The van der Waals surface area contributed by atoms with Gasteiger partial charge < -0.3 is 4.74 Å². The molecule has 6 heteroatoms. The number of allylic oxidation sites excluding steroid dienone is 3. The number of benzene rings is 2. The van der Waals surface area contributed by atoms with E-state index in [1.165, 1.54) is 11.3 Å². The molecule has 2 heterocycles. The fourth-order valence-corrected chi connectivity index (χ4v) is 4.61. The third-order valence-corrected chi connectivity index (χ3v) is 6.17. The summed E-state index contributed by atoms with van der Waals surface area (Å²) in [6, 6.07) is 19.0. The Morgan fingerprint density at radius 2 is 1.70 bits per heavy atom. The van der Waals surface area contributed by atoms with Gasteiger partial charge >= 0.3 is 5.97 Å². The van der Waals surface area contributed by atoms with Gasteiger partial charge in [-0.15, -0.1) is 0 Å². The molecule has 1 aliphatic heterocycles. The first-order valence-electron chi connectivity index (χ1n) is 10.7. The zero-order valence-corrected chi connectivity index (χ0v) is 19.3. The Kier molecular flexibility index (Phi) is 6.95. The highest BCUT2D eigenvalue weighted by Crippen LogP contribution is 2.26. The number of aromatic nitrogens is 1. The van der Waals surface area contributed by atoms with E-state index in [9.17, 15) is 9.59 Å². The van der Waals surface area contributed by atoms with Gasteiger partial charge in [-0.05, 0) is 31.1 Å². The lowest BCUT2D eigenvalue weighted by Crippen LogP contribution is -2.38. The highest BCUT2D eigenvalue weighted by molar-refractivity contribution is 7.07. The number of nitrogens with zero attached hydrogens (tertiary/aromatic N) is 2. The quantitative estimate of drug-likeness (QED) is 0.524. The van der Waals surface area contributed by atoms with Crippen molar-refractivity contribution in [3.05, 3.63) is 115 Å². The first kappa shape index (κ1) is 22.4. The number of hydrogen-bond donors (Lipinski definition) is 0. The van der Waals surface area contributed by atoms with Crippen LogP contribution in [-0.2, 0) is 9.53 Å². The number of ether oxygens (including phenoxy) is 1. The summed E-state index contributed by atoms with van der Waals surface area (Å²) in [5, 5.41) is 0. The second-order valence-corrected chi connectivity index (χ2v) is 8.42. The Bertz CT molecular complexity index is 1410. The van der Waals surface area contributed by atoms with E-state index in [1.54, 1.807) is 24.5 Å². The van der Waals surface area contributed by atoms with Crippen LogP contribution >= 0.6 is 11.3 Å². The van der Waals surface area contributed by atoms with Gasteiger partial charge in [0.15, 0.2) is 4.80 Å². The molecule has 0 amide bonds. The monoisotopic (exact) mass is 456 g/mol. The number of fused-ring (bicyclic) bond motifs is 1. The maximum absolute atomic E-state index is 13.4. The molecule has 0 radical (unpaired) electrons. The number of hydrogen-bond acceptors (Lipinski definition) is 5. The molecule has 1 unspecified atom stereocenters. The highest BCUT2D eigenvalue weighted by atomic mass is 32.1. The van der Waals surface area contributed by atoms with E-state index in [1.807, 2.05) is 85.0 Å². The molecular formula is C27H24N2O3S. The normalized spacial score (nSPS) is 16.3. The highest BCUT2D eigenvalue weighted by Gasteiger charge is 2.30. The van der Waals surface area contributed by atoms with Crippen molar-refractivity contribution in [1.29, 1.82) is 0 Å². The van der Waals surface area contributed by atoms with Gasteiger partial charge in [-0.25, -0.2) is 9.79 Å². The predicted octanol–water partition coefficient (Wildman–Crippen LogP) is 4.13. The molecule has 3 aromatic rings. The van der Waals surface area contributed by atoms with E-state index >= 15 is 0 Å². The lowest BCUT2D eigenvalue weighted by molar-refractivity contribution is -0.139. The van der Waals surface area contributed by atoms with Gasteiger partial charge in [0.2, 0.25) is 0 Å². The molecule has 0 bridgehead atoms. The number of carbonyl (C=O) groups is 1. The van der Waals surface area contributed by atoms with Crippen molar-refractivity contribution in [1.82, 2.24) is 4.57 Å². The largest absolute Gasteiger partial charge is 0.463 e. The molecule has 0 spiro atoms. The van der Waals surface area contributed by atoms with Gasteiger partial charge in [-0.3, -0.25) is 9.36 Å². The molecule has 1 aliphatic rings. The third-order valence-electron chi connectivity index (χ3n) is 5.17. The molecule has 1 atom stereocenters. The van der Waals surface area contributed by atoms with Gasteiger partial charge in [0.25, 0.3) is 5.56 Å². The maximum Gasteiger partial charge on any atom is 0.338 e. The minimum absolute atomic E-state index is 0.187. The van der Waals surface area contributed by atoms with E-state index in [0.29, 0.717) is 20.6 Å². The third kappa shape index (κ3) is 5.02. The van der Waals surface area contributed by atoms with Gasteiger partial charge in [0.1, 0.15) is 0 Å². The molecule has 1 aromatic heterocycles. The summed E-state index contributed by atoms with van der Waals surface area (Å²) in [5.41, 5.74) is 2.77. The lowest BCUT2D eigenvalue weighted by Gasteiger charge is -2.21. The summed E-state index contributed by atoms with van der Waals surface area (Å²) in [5.74, 6) is -0.459. The Morgan fingerprint density at radius 3 is 2.33 bits per heavy atom. The van der Waals surface area contributed by atoms with E-state index in [4.69, 9.17) is 4.74 Å². The van der Waals surface area contributed by atoms with Gasteiger partial charge in [0.05, 0.1) is 28.5 Å². The Balaban J connectivity index is 1.79. The zero-order valence-electron chi connectivity index (χ0n) is 18.5. The molecular weight excluding hydrogens is 432 g/mol.